The first-order valence-corrected chi connectivity index (χ1v) is 5.59. The number of benzene rings is 2. The second-order valence-corrected chi connectivity index (χ2v) is 4.45. The van der Waals surface area contributed by atoms with Crippen molar-refractivity contribution in [3.8, 4) is 22.6 Å². The Hall–Kier alpha value is -1.96. The van der Waals surface area contributed by atoms with E-state index in [9.17, 15) is 10.2 Å². The van der Waals surface area contributed by atoms with Gasteiger partial charge in [0.1, 0.15) is 11.5 Å². The average Bonchev–Trinajstić information content (AvgIpc) is 2.27. The van der Waals surface area contributed by atoms with E-state index in [1.807, 2.05) is 19.9 Å². The fourth-order valence-corrected chi connectivity index (χ4v) is 1.99. The molecule has 0 unspecified atom stereocenters. The molecule has 0 spiro atoms. The van der Waals surface area contributed by atoms with Crippen LogP contribution in [0, 0.1) is 20.8 Å². The summed E-state index contributed by atoms with van der Waals surface area (Å²) in [5.41, 5.74) is 5.13. The van der Waals surface area contributed by atoms with Gasteiger partial charge in [0.25, 0.3) is 0 Å². The molecular formula is C15H16O2. The summed E-state index contributed by atoms with van der Waals surface area (Å²) in [5, 5.41) is 19.4. The van der Waals surface area contributed by atoms with Crippen molar-refractivity contribution >= 4 is 0 Å². The number of hydrogen-bond donors (Lipinski definition) is 2. The molecule has 0 saturated carbocycles. The lowest BCUT2D eigenvalue weighted by Gasteiger charge is -2.11. The van der Waals surface area contributed by atoms with Gasteiger partial charge in [-0.05, 0) is 61.2 Å². The first-order valence-electron chi connectivity index (χ1n) is 5.59. The van der Waals surface area contributed by atoms with Crippen LogP contribution >= 0.6 is 0 Å². The van der Waals surface area contributed by atoms with Gasteiger partial charge in [0, 0.05) is 5.56 Å². The van der Waals surface area contributed by atoms with E-state index < -0.39 is 0 Å². The Balaban J connectivity index is 2.68. The van der Waals surface area contributed by atoms with Gasteiger partial charge in [0.2, 0.25) is 0 Å². The maximum absolute atomic E-state index is 9.86. The predicted octanol–water partition coefficient (Wildman–Crippen LogP) is 3.69. The van der Waals surface area contributed by atoms with Crippen molar-refractivity contribution in [1.29, 1.82) is 0 Å². The van der Waals surface area contributed by atoms with Crippen molar-refractivity contribution in [2.24, 2.45) is 0 Å². The van der Waals surface area contributed by atoms with Gasteiger partial charge in [0.05, 0.1) is 0 Å². The molecule has 2 heteroatoms. The summed E-state index contributed by atoms with van der Waals surface area (Å²) in [6.45, 7) is 6.11. The minimum atomic E-state index is 0.162. The van der Waals surface area contributed by atoms with Crippen LogP contribution in [0.25, 0.3) is 11.1 Å². The Kier molecular flexibility index (Phi) is 2.80. The second-order valence-electron chi connectivity index (χ2n) is 4.45. The van der Waals surface area contributed by atoms with Gasteiger partial charge in [-0.1, -0.05) is 12.1 Å². The third-order valence-corrected chi connectivity index (χ3v) is 3.11. The molecule has 0 aromatic heterocycles. The summed E-state index contributed by atoms with van der Waals surface area (Å²) < 4.78 is 0. The molecule has 2 nitrogen and oxygen atoms in total. The number of phenolic OH excluding ortho intramolecular Hbond substituents is 2. The molecule has 0 bridgehead atoms. The van der Waals surface area contributed by atoms with Crippen LogP contribution in [-0.4, -0.2) is 10.2 Å². The third kappa shape index (κ3) is 2.11. The molecule has 0 amide bonds. The van der Waals surface area contributed by atoms with Gasteiger partial charge in [-0.2, -0.15) is 0 Å². The fraction of sp³-hybridized carbons (Fsp3) is 0.200. The van der Waals surface area contributed by atoms with Gasteiger partial charge < -0.3 is 10.2 Å². The molecule has 88 valence electrons. The topological polar surface area (TPSA) is 40.5 Å². The van der Waals surface area contributed by atoms with Crippen LogP contribution in [0.15, 0.2) is 30.3 Å². The summed E-state index contributed by atoms with van der Waals surface area (Å²) in [7, 11) is 0. The van der Waals surface area contributed by atoms with Crippen LogP contribution in [0.5, 0.6) is 11.5 Å². The predicted molar refractivity (Wildman–Crippen MR) is 69.4 cm³/mol. The SMILES string of the molecule is Cc1cc(C)c(-c2cc(O)ccc2O)cc1C. The van der Waals surface area contributed by atoms with Crippen LogP contribution in [0.3, 0.4) is 0 Å². The molecule has 2 aromatic rings. The van der Waals surface area contributed by atoms with E-state index in [0.29, 0.717) is 5.56 Å². The Bertz CT molecular complexity index is 571. The van der Waals surface area contributed by atoms with E-state index in [2.05, 4.69) is 13.0 Å². The van der Waals surface area contributed by atoms with Gasteiger partial charge in [0.15, 0.2) is 0 Å². The summed E-state index contributed by atoms with van der Waals surface area (Å²) in [6.07, 6.45) is 0. The standard InChI is InChI=1S/C15H16O2/c1-9-6-11(3)13(7-10(9)2)14-8-12(16)4-5-15(14)17/h4-8,16-17H,1-3H3. The largest absolute Gasteiger partial charge is 0.508 e. The van der Waals surface area contributed by atoms with Crippen molar-refractivity contribution in [2.45, 2.75) is 20.8 Å². The van der Waals surface area contributed by atoms with E-state index in [1.54, 1.807) is 6.07 Å². The van der Waals surface area contributed by atoms with Crippen LogP contribution in [0.2, 0.25) is 0 Å². The van der Waals surface area contributed by atoms with Crippen LogP contribution in [-0.2, 0) is 0 Å². The zero-order chi connectivity index (χ0) is 12.6. The van der Waals surface area contributed by atoms with Crippen molar-refractivity contribution in [3.63, 3.8) is 0 Å². The lowest BCUT2D eigenvalue weighted by Crippen LogP contribution is -1.89. The molecular weight excluding hydrogens is 212 g/mol. The van der Waals surface area contributed by atoms with Crippen LogP contribution < -0.4 is 0 Å². The molecule has 2 rings (SSSR count). The number of aromatic hydroxyl groups is 2. The maximum Gasteiger partial charge on any atom is 0.123 e. The van der Waals surface area contributed by atoms with Crippen molar-refractivity contribution in [2.75, 3.05) is 0 Å². The van der Waals surface area contributed by atoms with E-state index in [-0.39, 0.29) is 11.5 Å². The third-order valence-electron chi connectivity index (χ3n) is 3.11. The van der Waals surface area contributed by atoms with Gasteiger partial charge >= 0.3 is 0 Å². The molecule has 0 heterocycles. The highest BCUT2D eigenvalue weighted by atomic mass is 16.3. The Morgan fingerprint density at radius 3 is 2.06 bits per heavy atom. The Morgan fingerprint density at radius 1 is 0.706 bits per heavy atom. The molecule has 0 atom stereocenters. The second kappa shape index (κ2) is 4.13. The number of aryl methyl sites for hydroxylation is 3. The fourth-order valence-electron chi connectivity index (χ4n) is 1.99. The molecule has 0 saturated heterocycles. The minimum Gasteiger partial charge on any atom is -0.508 e. The van der Waals surface area contributed by atoms with Crippen LogP contribution in [0.4, 0.5) is 0 Å². The van der Waals surface area contributed by atoms with Gasteiger partial charge in [-0.3, -0.25) is 0 Å². The Labute approximate surface area is 101 Å². The minimum absolute atomic E-state index is 0.162. The van der Waals surface area contributed by atoms with E-state index >= 15 is 0 Å². The first-order chi connectivity index (χ1) is 7.99. The summed E-state index contributed by atoms with van der Waals surface area (Å²) in [4.78, 5) is 0. The lowest BCUT2D eigenvalue weighted by molar-refractivity contribution is 0.462. The van der Waals surface area contributed by atoms with E-state index in [0.717, 1.165) is 11.1 Å². The summed E-state index contributed by atoms with van der Waals surface area (Å²) in [6, 6.07) is 8.72. The van der Waals surface area contributed by atoms with Crippen LogP contribution in [0.1, 0.15) is 16.7 Å². The van der Waals surface area contributed by atoms with Gasteiger partial charge in [-0.15, -0.1) is 0 Å². The molecule has 0 aliphatic rings. The quantitative estimate of drug-likeness (QED) is 0.731. The van der Waals surface area contributed by atoms with E-state index in [4.69, 9.17) is 0 Å². The molecule has 0 radical (unpaired) electrons. The highest BCUT2D eigenvalue weighted by Crippen LogP contribution is 2.35. The molecule has 2 aromatic carbocycles. The lowest BCUT2D eigenvalue weighted by atomic mass is 9.95. The Morgan fingerprint density at radius 2 is 1.35 bits per heavy atom. The number of rotatable bonds is 1. The number of hydrogen-bond acceptors (Lipinski definition) is 2. The monoisotopic (exact) mass is 228 g/mol. The normalized spacial score (nSPS) is 10.5. The summed E-state index contributed by atoms with van der Waals surface area (Å²) in [5.74, 6) is 0.351. The molecule has 2 N–H and O–H groups in total. The van der Waals surface area contributed by atoms with Crippen molar-refractivity contribution < 1.29 is 10.2 Å². The van der Waals surface area contributed by atoms with Crippen molar-refractivity contribution in [3.05, 3.63) is 47.0 Å². The summed E-state index contributed by atoms with van der Waals surface area (Å²) >= 11 is 0. The van der Waals surface area contributed by atoms with E-state index in [1.165, 1.54) is 23.3 Å². The maximum atomic E-state index is 9.86. The van der Waals surface area contributed by atoms with Crippen molar-refractivity contribution in [1.82, 2.24) is 0 Å². The highest BCUT2D eigenvalue weighted by Gasteiger charge is 2.09. The molecule has 0 fully saturated rings. The van der Waals surface area contributed by atoms with Gasteiger partial charge in [-0.25, -0.2) is 0 Å². The zero-order valence-corrected chi connectivity index (χ0v) is 10.3. The molecule has 0 aliphatic heterocycles. The smallest absolute Gasteiger partial charge is 0.123 e. The molecule has 0 aliphatic carbocycles. The highest BCUT2D eigenvalue weighted by molar-refractivity contribution is 5.75. The first kappa shape index (κ1) is 11.5. The average molecular weight is 228 g/mol. The number of phenols is 2. The molecule has 17 heavy (non-hydrogen) atoms. The zero-order valence-electron chi connectivity index (χ0n) is 10.3.